The molecule has 0 aromatic carbocycles. The number of nitrogens with one attached hydrogen (secondary N) is 1. The molecule has 4 nitrogen and oxygen atoms in total. The molecule has 4 heteroatoms. The summed E-state index contributed by atoms with van der Waals surface area (Å²) in [5.41, 5.74) is 1.82. The standard InChI is InChI=1S/C11H20N4/c1-7(2)6-8(3)12-11-13-9(4)10(5)14-15-11/h7-8H,6H2,1-5H3,(H,12,13,15). The minimum atomic E-state index is 0.383. The summed E-state index contributed by atoms with van der Waals surface area (Å²) in [6.45, 7) is 10.4. The summed E-state index contributed by atoms with van der Waals surface area (Å²) in [6.07, 6.45) is 1.11. The fourth-order valence-corrected chi connectivity index (χ4v) is 1.50. The van der Waals surface area contributed by atoms with E-state index in [0.29, 0.717) is 17.9 Å². The lowest BCUT2D eigenvalue weighted by atomic mass is 10.1. The molecule has 15 heavy (non-hydrogen) atoms. The first-order valence-corrected chi connectivity index (χ1v) is 5.43. The molecule has 0 amide bonds. The van der Waals surface area contributed by atoms with Crippen LogP contribution in [0, 0.1) is 19.8 Å². The van der Waals surface area contributed by atoms with Gasteiger partial charge in [0.25, 0.3) is 0 Å². The Balaban J connectivity index is 2.60. The van der Waals surface area contributed by atoms with Crippen LogP contribution in [0.3, 0.4) is 0 Å². The Kier molecular flexibility index (Phi) is 4.00. The van der Waals surface area contributed by atoms with Crippen molar-refractivity contribution in [3.63, 3.8) is 0 Å². The SMILES string of the molecule is Cc1nnc(NC(C)CC(C)C)nc1C. The Hall–Kier alpha value is -1.19. The van der Waals surface area contributed by atoms with Gasteiger partial charge in [-0.3, -0.25) is 0 Å². The lowest BCUT2D eigenvalue weighted by Gasteiger charge is -2.15. The average Bonchev–Trinajstić information content (AvgIpc) is 2.10. The van der Waals surface area contributed by atoms with Crippen molar-refractivity contribution in [3.8, 4) is 0 Å². The zero-order valence-corrected chi connectivity index (χ0v) is 10.2. The van der Waals surface area contributed by atoms with Gasteiger partial charge in [0.15, 0.2) is 0 Å². The average molecular weight is 208 g/mol. The molecule has 1 aromatic heterocycles. The van der Waals surface area contributed by atoms with Gasteiger partial charge in [0.2, 0.25) is 5.95 Å². The molecule has 1 aromatic rings. The van der Waals surface area contributed by atoms with E-state index in [2.05, 4.69) is 41.3 Å². The van der Waals surface area contributed by atoms with Crippen molar-refractivity contribution in [2.75, 3.05) is 5.32 Å². The van der Waals surface area contributed by atoms with Crippen molar-refractivity contribution in [1.29, 1.82) is 0 Å². The number of hydrogen-bond acceptors (Lipinski definition) is 4. The molecule has 1 heterocycles. The van der Waals surface area contributed by atoms with Gasteiger partial charge in [-0.1, -0.05) is 13.8 Å². The molecule has 1 atom stereocenters. The van der Waals surface area contributed by atoms with Gasteiger partial charge in [-0.2, -0.15) is 5.10 Å². The summed E-state index contributed by atoms with van der Waals surface area (Å²) in [5, 5.41) is 11.3. The number of hydrogen-bond donors (Lipinski definition) is 1. The van der Waals surface area contributed by atoms with Crippen LogP contribution < -0.4 is 5.32 Å². The second-order valence-electron chi connectivity index (χ2n) is 4.48. The van der Waals surface area contributed by atoms with E-state index >= 15 is 0 Å². The van der Waals surface area contributed by atoms with Crippen molar-refractivity contribution >= 4 is 5.95 Å². The molecule has 0 aliphatic carbocycles. The Morgan fingerprint density at radius 3 is 2.27 bits per heavy atom. The van der Waals surface area contributed by atoms with Crippen LogP contribution in [0.1, 0.15) is 38.6 Å². The molecule has 0 aliphatic heterocycles. The molecule has 0 spiro atoms. The highest BCUT2D eigenvalue weighted by atomic mass is 15.2. The molecule has 0 saturated heterocycles. The first-order valence-electron chi connectivity index (χ1n) is 5.43. The Bertz CT molecular complexity index is 322. The molecular formula is C11H20N4. The van der Waals surface area contributed by atoms with E-state index in [0.717, 1.165) is 17.8 Å². The van der Waals surface area contributed by atoms with Crippen LogP contribution in [0.4, 0.5) is 5.95 Å². The molecule has 1 unspecified atom stereocenters. The molecule has 1 rings (SSSR count). The summed E-state index contributed by atoms with van der Waals surface area (Å²) in [4.78, 5) is 4.34. The number of nitrogens with zero attached hydrogens (tertiary/aromatic N) is 3. The summed E-state index contributed by atoms with van der Waals surface area (Å²) < 4.78 is 0. The van der Waals surface area contributed by atoms with Gasteiger partial charge < -0.3 is 5.32 Å². The second-order valence-corrected chi connectivity index (χ2v) is 4.48. The normalized spacial score (nSPS) is 12.9. The van der Waals surface area contributed by atoms with Gasteiger partial charge in [-0.25, -0.2) is 4.98 Å². The van der Waals surface area contributed by atoms with Crippen molar-refractivity contribution in [1.82, 2.24) is 15.2 Å². The Morgan fingerprint density at radius 2 is 1.73 bits per heavy atom. The number of aryl methyl sites for hydroxylation is 2. The fraction of sp³-hybridized carbons (Fsp3) is 0.727. The third kappa shape index (κ3) is 3.81. The summed E-state index contributed by atoms with van der Waals surface area (Å²) in [7, 11) is 0. The number of aromatic nitrogens is 3. The van der Waals surface area contributed by atoms with Gasteiger partial charge in [-0.05, 0) is 33.1 Å². The topological polar surface area (TPSA) is 50.7 Å². The van der Waals surface area contributed by atoms with Gasteiger partial charge in [0.1, 0.15) is 0 Å². The van der Waals surface area contributed by atoms with Crippen LogP contribution in [-0.4, -0.2) is 21.2 Å². The zero-order chi connectivity index (χ0) is 11.4. The minimum Gasteiger partial charge on any atom is -0.350 e. The van der Waals surface area contributed by atoms with Crippen LogP contribution in [0.2, 0.25) is 0 Å². The lowest BCUT2D eigenvalue weighted by Crippen LogP contribution is -2.20. The van der Waals surface area contributed by atoms with E-state index in [9.17, 15) is 0 Å². The van der Waals surface area contributed by atoms with Gasteiger partial charge in [-0.15, -0.1) is 5.10 Å². The second kappa shape index (κ2) is 5.05. The first kappa shape index (κ1) is 11.9. The van der Waals surface area contributed by atoms with Crippen molar-refractivity contribution < 1.29 is 0 Å². The largest absolute Gasteiger partial charge is 0.350 e. The van der Waals surface area contributed by atoms with Crippen molar-refractivity contribution in [2.24, 2.45) is 5.92 Å². The first-order chi connectivity index (χ1) is 6.99. The van der Waals surface area contributed by atoms with E-state index < -0.39 is 0 Å². The molecule has 84 valence electrons. The predicted molar refractivity (Wildman–Crippen MR) is 61.8 cm³/mol. The highest BCUT2D eigenvalue weighted by Crippen LogP contribution is 2.09. The highest BCUT2D eigenvalue weighted by Gasteiger charge is 2.07. The molecule has 0 aliphatic rings. The van der Waals surface area contributed by atoms with Gasteiger partial charge in [0.05, 0.1) is 11.4 Å². The Labute approximate surface area is 91.5 Å². The maximum Gasteiger partial charge on any atom is 0.243 e. The predicted octanol–water partition coefficient (Wildman–Crippen LogP) is 2.33. The fourth-order valence-electron chi connectivity index (χ4n) is 1.50. The quantitative estimate of drug-likeness (QED) is 0.825. The smallest absolute Gasteiger partial charge is 0.243 e. The molecule has 0 saturated carbocycles. The summed E-state index contributed by atoms with van der Waals surface area (Å²) in [5.74, 6) is 1.30. The molecule has 0 radical (unpaired) electrons. The van der Waals surface area contributed by atoms with Crippen molar-refractivity contribution in [3.05, 3.63) is 11.4 Å². The maximum atomic E-state index is 4.34. The molecule has 1 N–H and O–H groups in total. The highest BCUT2D eigenvalue weighted by molar-refractivity contribution is 5.25. The van der Waals surface area contributed by atoms with Gasteiger partial charge in [0, 0.05) is 6.04 Å². The van der Waals surface area contributed by atoms with Crippen molar-refractivity contribution in [2.45, 2.75) is 47.1 Å². The third-order valence-corrected chi connectivity index (χ3v) is 2.29. The number of anilines is 1. The lowest BCUT2D eigenvalue weighted by molar-refractivity contribution is 0.536. The van der Waals surface area contributed by atoms with Crippen LogP contribution in [0.5, 0.6) is 0 Å². The monoisotopic (exact) mass is 208 g/mol. The maximum absolute atomic E-state index is 4.34. The van der Waals surface area contributed by atoms with E-state index in [4.69, 9.17) is 0 Å². The van der Waals surface area contributed by atoms with E-state index in [1.807, 2.05) is 13.8 Å². The van der Waals surface area contributed by atoms with Crippen LogP contribution >= 0.6 is 0 Å². The molecule has 0 bridgehead atoms. The summed E-state index contributed by atoms with van der Waals surface area (Å²) >= 11 is 0. The van der Waals surface area contributed by atoms with Crippen LogP contribution in [0.15, 0.2) is 0 Å². The van der Waals surface area contributed by atoms with Gasteiger partial charge >= 0.3 is 0 Å². The van der Waals surface area contributed by atoms with E-state index in [1.165, 1.54) is 0 Å². The van der Waals surface area contributed by atoms with Crippen LogP contribution in [-0.2, 0) is 0 Å². The van der Waals surface area contributed by atoms with Crippen LogP contribution in [0.25, 0.3) is 0 Å². The van der Waals surface area contributed by atoms with E-state index in [1.54, 1.807) is 0 Å². The molecular weight excluding hydrogens is 188 g/mol. The summed E-state index contributed by atoms with van der Waals surface area (Å²) in [6, 6.07) is 0.383. The zero-order valence-electron chi connectivity index (χ0n) is 10.2. The minimum absolute atomic E-state index is 0.383. The third-order valence-electron chi connectivity index (χ3n) is 2.29. The molecule has 0 fully saturated rings. The Morgan fingerprint density at radius 1 is 1.07 bits per heavy atom. The number of rotatable bonds is 4. The van der Waals surface area contributed by atoms with E-state index in [-0.39, 0.29) is 0 Å².